The molecule has 0 fully saturated rings. The van der Waals surface area contributed by atoms with E-state index in [1.54, 1.807) is 6.08 Å². The normalized spacial score (nSPS) is 13.3. The minimum atomic E-state index is -0.876. The van der Waals surface area contributed by atoms with E-state index >= 15 is 0 Å². The highest BCUT2D eigenvalue weighted by molar-refractivity contribution is 5.76. The van der Waals surface area contributed by atoms with Crippen LogP contribution in [0.2, 0.25) is 0 Å². The zero-order chi connectivity index (χ0) is 47.7. The Morgan fingerprint density at radius 2 is 0.636 bits per heavy atom. The number of nitrogens with one attached hydrogen (secondary N) is 1. The summed E-state index contributed by atoms with van der Waals surface area (Å²) in [5.74, 6) is -0.0793. The van der Waals surface area contributed by atoms with Gasteiger partial charge in [-0.2, -0.15) is 0 Å². The molecule has 0 saturated carbocycles. The number of rotatable bonds is 53. The van der Waals surface area contributed by atoms with E-state index in [2.05, 4.69) is 79.9 Å². The third-order valence-electron chi connectivity index (χ3n) is 13.1. The van der Waals surface area contributed by atoms with Crippen molar-refractivity contribution in [2.45, 2.75) is 309 Å². The van der Waals surface area contributed by atoms with Crippen LogP contribution in [0.25, 0.3) is 0 Å². The van der Waals surface area contributed by atoms with E-state index in [-0.39, 0.29) is 12.5 Å². The second-order valence-corrected chi connectivity index (χ2v) is 19.7. The fourth-order valence-electron chi connectivity index (χ4n) is 8.69. The number of hydrogen-bond donors (Lipinski definition) is 3. The van der Waals surface area contributed by atoms with Crippen LogP contribution in [0.3, 0.4) is 0 Å². The molecule has 0 aromatic heterocycles. The molecule has 0 radical (unpaired) electrons. The third-order valence-corrected chi connectivity index (χ3v) is 13.1. The zero-order valence-corrected chi connectivity index (χ0v) is 44.2. The Morgan fingerprint density at radius 1 is 0.364 bits per heavy atom. The van der Waals surface area contributed by atoms with Crippen LogP contribution < -0.4 is 5.32 Å². The largest absolute Gasteiger partial charge is 0.394 e. The maximum Gasteiger partial charge on any atom is 0.220 e. The van der Waals surface area contributed by atoms with Gasteiger partial charge < -0.3 is 15.5 Å². The molecule has 4 nitrogen and oxygen atoms in total. The molecule has 384 valence electrons. The van der Waals surface area contributed by atoms with Crippen molar-refractivity contribution in [2.75, 3.05) is 6.61 Å². The van der Waals surface area contributed by atoms with E-state index in [1.165, 1.54) is 225 Å². The van der Waals surface area contributed by atoms with E-state index in [9.17, 15) is 15.0 Å². The van der Waals surface area contributed by atoms with E-state index in [0.717, 1.165) is 51.4 Å². The van der Waals surface area contributed by atoms with Gasteiger partial charge in [-0.25, -0.2) is 0 Å². The summed E-state index contributed by atoms with van der Waals surface area (Å²) < 4.78 is 0. The van der Waals surface area contributed by atoms with Gasteiger partial charge >= 0.3 is 0 Å². The van der Waals surface area contributed by atoms with Crippen molar-refractivity contribution in [3.8, 4) is 0 Å². The predicted molar refractivity (Wildman–Crippen MR) is 294 cm³/mol. The monoisotopic (exact) mass is 920 g/mol. The van der Waals surface area contributed by atoms with Gasteiger partial charge in [-0.15, -0.1) is 0 Å². The minimum absolute atomic E-state index is 0.0793. The third kappa shape index (κ3) is 52.8. The molecule has 0 aromatic rings. The summed E-state index contributed by atoms with van der Waals surface area (Å²) in [5, 5.41) is 23.2. The van der Waals surface area contributed by atoms with E-state index in [1.807, 2.05) is 6.08 Å². The number of allylic oxidation sites excluding steroid dienone is 11. The molecule has 0 spiro atoms. The molecule has 0 bridgehead atoms. The summed E-state index contributed by atoms with van der Waals surface area (Å²) in [7, 11) is 0. The number of aliphatic hydroxyl groups is 2. The molecule has 0 aliphatic carbocycles. The number of unbranched alkanes of at least 4 members (excludes halogenated alkanes) is 36. The Balaban J connectivity index is 3.57. The van der Waals surface area contributed by atoms with Gasteiger partial charge in [-0.1, -0.05) is 279 Å². The van der Waals surface area contributed by atoms with Crippen molar-refractivity contribution in [1.82, 2.24) is 5.32 Å². The van der Waals surface area contributed by atoms with E-state index < -0.39 is 12.1 Å². The highest BCUT2D eigenvalue weighted by Gasteiger charge is 2.18. The number of aliphatic hydroxyl groups excluding tert-OH is 2. The highest BCUT2D eigenvalue weighted by atomic mass is 16.3. The van der Waals surface area contributed by atoms with Gasteiger partial charge in [0.2, 0.25) is 5.91 Å². The lowest BCUT2D eigenvalue weighted by Crippen LogP contribution is -2.45. The number of carbonyl (C=O) groups is 1. The Morgan fingerprint density at radius 3 is 0.985 bits per heavy atom. The quantitative estimate of drug-likeness (QED) is 0.0421. The molecular formula is C62H113NO3. The van der Waals surface area contributed by atoms with Crippen LogP contribution in [0.1, 0.15) is 296 Å². The fourth-order valence-corrected chi connectivity index (χ4v) is 8.69. The molecule has 2 unspecified atom stereocenters. The highest BCUT2D eigenvalue weighted by Crippen LogP contribution is 2.16. The van der Waals surface area contributed by atoms with Crippen molar-refractivity contribution in [2.24, 2.45) is 0 Å². The molecule has 0 aromatic carbocycles. The van der Waals surface area contributed by atoms with Crippen LogP contribution in [0.4, 0.5) is 0 Å². The van der Waals surface area contributed by atoms with Gasteiger partial charge in [0.15, 0.2) is 0 Å². The van der Waals surface area contributed by atoms with Crippen LogP contribution in [0, 0.1) is 0 Å². The summed E-state index contributed by atoms with van der Waals surface area (Å²) in [6, 6.07) is -0.651. The van der Waals surface area contributed by atoms with Crippen LogP contribution >= 0.6 is 0 Å². The second-order valence-electron chi connectivity index (χ2n) is 19.7. The number of carbonyl (C=O) groups excluding carboxylic acids is 1. The van der Waals surface area contributed by atoms with Crippen LogP contribution in [-0.2, 0) is 4.79 Å². The minimum Gasteiger partial charge on any atom is -0.394 e. The molecule has 0 rings (SSSR count). The summed E-state index contributed by atoms with van der Waals surface area (Å²) in [6.45, 7) is 4.30. The Kier molecular flexibility index (Phi) is 55.3. The lowest BCUT2D eigenvalue weighted by atomic mass is 10.0. The molecule has 0 heterocycles. The summed E-state index contributed by atoms with van der Waals surface area (Å²) in [5.41, 5.74) is 0. The van der Waals surface area contributed by atoms with Crippen molar-refractivity contribution in [3.63, 3.8) is 0 Å². The molecule has 0 aliphatic rings. The molecule has 2 atom stereocenters. The fraction of sp³-hybridized carbons (Fsp3) is 0.790. The van der Waals surface area contributed by atoms with Crippen LogP contribution in [-0.4, -0.2) is 34.9 Å². The first-order chi connectivity index (χ1) is 32.7. The first-order valence-corrected chi connectivity index (χ1v) is 29.2. The average molecular weight is 921 g/mol. The SMILES string of the molecule is CCCCCCC/C=C\C/C=C\C/C=C\CCCCCCCCCCCCCCC(=O)NC(CO)C(O)/C=C/CC/C=C/CC/C=C/CCCCCCCCCCCCCCCCCCC. The molecule has 0 saturated heterocycles. The van der Waals surface area contributed by atoms with Crippen molar-refractivity contribution < 1.29 is 15.0 Å². The van der Waals surface area contributed by atoms with E-state index in [0.29, 0.717) is 6.42 Å². The Bertz CT molecular complexity index is 1130. The molecule has 1 amide bonds. The maximum atomic E-state index is 12.5. The van der Waals surface area contributed by atoms with Gasteiger partial charge in [0.05, 0.1) is 18.8 Å². The summed E-state index contributed by atoms with van der Waals surface area (Å²) >= 11 is 0. The average Bonchev–Trinajstić information content (AvgIpc) is 3.32. The Labute approximate surface area is 412 Å². The van der Waals surface area contributed by atoms with Crippen LogP contribution in [0.5, 0.6) is 0 Å². The lowest BCUT2D eigenvalue weighted by Gasteiger charge is -2.19. The molecular weight excluding hydrogens is 807 g/mol. The first kappa shape index (κ1) is 63.8. The topological polar surface area (TPSA) is 69.6 Å². The lowest BCUT2D eigenvalue weighted by molar-refractivity contribution is -0.123. The summed E-state index contributed by atoms with van der Waals surface area (Å²) in [6.07, 6.45) is 82.1. The van der Waals surface area contributed by atoms with Gasteiger partial charge in [0.25, 0.3) is 0 Å². The van der Waals surface area contributed by atoms with Gasteiger partial charge in [-0.05, 0) is 83.5 Å². The van der Waals surface area contributed by atoms with E-state index in [4.69, 9.17) is 0 Å². The van der Waals surface area contributed by atoms with Gasteiger partial charge in [0.1, 0.15) is 0 Å². The van der Waals surface area contributed by atoms with Crippen LogP contribution in [0.15, 0.2) is 72.9 Å². The second kappa shape index (κ2) is 57.1. The maximum absolute atomic E-state index is 12.5. The molecule has 4 heteroatoms. The Hall–Kier alpha value is -2.17. The van der Waals surface area contributed by atoms with Gasteiger partial charge in [0, 0.05) is 6.42 Å². The van der Waals surface area contributed by atoms with Crippen molar-refractivity contribution >= 4 is 5.91 Å². The molecule has 0 aliphatic heterocycles. The number of amides is 1. The van der Waals surface area contributed by atoms with Crippen molar-refractivity contribution in [3.05, 3.63) is 72.9 Å². The zero-order valence-electron chi connectivity index (χ0n) is 44.2. The summed E-state index contributed by atoms with van der Waals surface area (Å²) in [4.78, 5) is 12.5. The first-order valence-electron chi connectivity index (χ1n) is 29.2. The van der Waals surface area contributed by atoms with Gasteiger partial charge in [-0.3, -0.25) is 4.79 Å². The molecule has 66 heavy (non-hydrogen) atoms. The van der Waals surface area contributed by atoms with Crippen molar-refractivity contribution in [1.29, 1.82) is 0 Å². The smallest absolute Gasteiger partial charge is 0.220 e. The number of hydrogen-bond acceptors (Lipinski definition) is 3. The molecule has 3 N–H and O–H groups in total. The standard InChI is InChI=1S/C62H113NO3/c1-3-5-7-9-11-13-15-17-19-21-23-25-27-29-31-33-35-37-39-41-43-45-47-49-51-53-55-57-61(65)60(59-64)63-62(66)58-56-54-52-50-48-46-44-42-40-38-36-34-32-30-28-26-24-22-20-18-16-14-12-10-8-6-4-2/h16,18,22,24,28,30,39,41,47,49,55,57,60-61,64-65H,3-15,17,19-21,23,25-27,29,31-38,40,42-46,48,50-54,56,58-59H2,1-2H3,(H,63,66)/b18-16-,24-22-,30-28-,41-39+,49-47+,57-55+. The predicted octanol–water partition coefficient (Wildman–Crippen LogP) is 19.4.